The van der Waals surface area contributed by atoms with Crippen LogP contribution in [0.2, 0.25) is 0 Å². The molecule has 0 saturated heterocycles. The first-order chi connectivity index (χ1) is 9.73. The average molecular weight is 326 g/mol. The van der Waals surface area contributed by atoms with Crippen LogP contribution < -0.4 is 9.44 Å². The van der Waals surface area contributed by atoms with Gasteiger partial charge in [-0.25, -0.2) is 22.0 Å². The summed E-state index contributed by atoms with van der Waals surface area (Å²) in [5, 5.41) is 4.98. The monoisotopic (exact) mass is 326 g/mol. The summed E-state index contributed by atoms with van der Waals surface area (Å²) in [6.45, 7) is 0. The molecule has 21 heavy (non-hydrogen) atoms. The van der Waals surface area contributed by atoms with Gasteiger partial charge in [0.15, 0.2) is 0 Å². The Balaban J connectivity index is 2.41. The first-order valence-corrected chi connectivity index (χ1v) is 8.88. The number of benzene rings is 2. The number of primary sulfonamides is 1. The van der Waals surface area contributed by atoms with E-state index in [0.717, 1.165) is 4.31 Å². The van der Waals surface area contributed by atoms with Crippen LogP contribution >= 0.6 is 0 Å². The Labute approximate surface area is 123 Å². The van der Waals surface area contributed by atoms with Gasteiger partial charge >= 0.3 is 0 Å². The quantitative estimate of drug-likeness (QED) is 0.911. The number of nitrogens with two attached hydrogens (primary N) is 1. The molecule has 0 heterocycles. The molecule has 0 aliphatic carbocycles. The molecule has 0 saturated carbocycles. The fourth-order valence-corrected chi connectivity index (χ4v) is 3.45. The molecule has 0 aliphatic rings. The van der Waals surface area contributed by atoms with Crippen LogP contribution in [0.4, 0.5) is 5.69 Å². The molecule has 0 aromatic heterocycles. The van der Waals surface area contributed by atoms with Gasteiger partial charge in [0.05, 0.1) is 15.5 Å². The lowest BCUT2D eigenvalue weighted by atomic mass is 10.3. The third-order valence-electron chi connectivity index (χ3n) is 2.93. The summed E-state index contributed by atoms with van der Waals surface area (Å²) in [7, 11) is -6.17. The van der Waals surface area contributed by atoms with Crippen LogP contribution in [-0.2, 0) is 20.0 Å². The van der Waals surface area contributed by atoms with Crippen molar-refractivity contribution < 1.29 is 16.8 Å². The van der Waals surface area contributed by atoms with E-state index in [-0.39, 0.29) is 9.79 Å². The van der Waals surface area contributed by atoms with Gasteiger partial charge < -0.3 is 0 Å². The SMILES string of the molecule is CN(c1ccccc1)S(=O)(=O)c1ccc(S(N)(=O)=O)cc1. The Morgan fingerprint density at radius 3 is 1.76 bits per heavy atom. The molecule has 0 amide bonds. The van der Waals surface area contributed by atoms with Crippen molar-refractivity contribution in [3.63, 3.8) is 0 Å². The van der Waals surface area contributed by atoms with Crippen molar-refractivity contribution in [2.45, 2.75) is 9.79 Å². The second kappa shape index (κ2) is 5.47. The number of rotatable bonds is 4. The smallest absolute Gasteiger partial charge is 0.264 e. The average Bonchev–Trinajstić information content (AvgIpc) is 2.46. The Hall–Kier alpha value is -1.90. The summed E-state index contributed by atoms with van der Waals surface area (Å²) in [5.74, 6) is 0. The van der Waals surface area contributed by atoms with Gasteiger partial charge in [0.2, 0.25) is 10.0 Å². The maximum atomic E-state index is 12.4. The molecular weight excluding hydrogens is 312 g/mol. The minimum absolute atomic E-state index is 0.0127. The number of nitrogens with zero attached hydrogens (tertiary/aromatic N) is 1. The number of anilines is 1. The van der Waals surface area contributed by atoms with E-state index in [0.29, 0.717) is 5.69 Å². The minimum Gasteiger partial charge on any atom is -0.269 e. The van der Waals surface area contributed by atoms with E-state index < -0.39 is 20.0 Å². The zero-order valence-corrected chi connectivity index (χ0v) is 12.8. The molecule has 8 heteroatoms. The predicted molar refractivity (Wildman–Crippen MR) is 79.8 cm³/mol. The molecule has 6 nitrogen and oxygen atoms in total. The highest BCUT2D eigenvalue weighted by Gasteiger charge is 2.21. The standard InChI is InChI=1S/C13H14N2O4S2/c1-15(11-5-3-2-4-6-11)21(18,19)13-9-7-12(8-10-13)20(14,16)17/h2-10H,1H3,(H2,14,16,17). The van der Waals surface area contributed by atoms with Gasteiger partial charge in [-0.15, -0.1) is 0 Å². The summed E-state index contributed by atoms with van der Waals surface area (Å²) in [6, 6.07) is 13.3. The molecule has 0 bridgehead atoms. The highest BCUT2D eigenvalue weighted by atomic mass is 32.2. The lowest BCUT2D eigenvalue weighted by molar-refractivity contribution is 0.592. The van der Waals surface area contributed by atoms with Crippen molar-refractivity contribution in [2.75, 3.05) is 11.4 Å². The van der Waals surface area contributed by atoms with Crippen molar-refractivity contribution >= 4 is 25.7 Å². The molecule has 2 aromatic rings. The number of hydrogen-bond donors (Lipinski definition) is 1. The third-order valence-corrected chi connectivity index (χ3v) is 5.66. The van der Waals surface area contributed by atoms with Gasteiger partial charge in [-0.2, -0.15) is 0 Å². The Morgan fingerprint density at radius 1 is 0.810 bits per heavy atom. The Morgan fingerprint density at radius 2 is 1.29 bits per heavy atom. The predicted octanol–water partition coefficient (Wildman–Crippen LogP) is 1.16. The molecule has 0 spiro atoms. The summed E-state index contributed by atoms with van der Waals surface area (Å²) in [5.41, 5.74) is 0.507. The van der Waals surface area contributed by atoms with Crippen LogP contribution in [0.5, 0.6) is 0 Å². The second-order valence-electron chi connectivity index (χ2n) is 4.32. The van der Waals surface area contributed by atoms with Crippen molar-refractivity contribution in [1.29, 1.82) is 0 Å². The van der Waals surface area contributed by atoms with Crippen LogP contribution in [0.1, 0.15) is 0 Å². The van der Waals surface area contributed by atoms with E-state index in [4.69, 9.17) is 5.14 Å². The molecule has 112 valence electrons. The van der Waals surface area contributed by atoms with Crippen LogP contribution in [0.3, 0.4) is 0 Å². The molecule has 0 aliphatic heterocycles. The van der Waals surface area contributed by atoms with E-state index in [9.17, 15) is 16.8 Å². The maximum Gasteiger partial charge on any atom is 0.264 e. The van der Waals surface area contributed by atoms with Gasteiger partial charge in [-0.05, 0) is 36.4 Å². The zero-order valence-electron chi connectivity index (χ0n) is 11.2. The van der Waals surface area contributed by atoms with Gasteiger partial charge in [0.1, 0.15) is 0 Å². The molecule has 0 unspecified atom stereocenters. The summed E-state index contributed by atoms with van der Waals surface area (Å²) in [4.78, 5) is -0.148. The van der Waals surface area contributed by atoms with Crippen LogP contribution in [0.25, 0.3) is 0 Å². The number of hydrogen-bond acceptors (Lipinski definition) is 4. The highest BCUT2D eigenvalue weighted by Crippen LogP contribution is 2.22. The number of para-hydroxylation sites is 1. The van der Waals surface area contributed by atoms with Crippen LogP contribution in [0.15, 0.2) is 64.4 Å². The van der Waals surface area contributed by atoms with Crippen LogP contribution in [-0.4, -0.2) is 23.9 Å². The topological polar surface area (TPSA) is 97.5 Å². The van der Waals surface area contributed by atoms with Crippen molar-refractivity contribution in [3.8, 4) is 0 Å². The molecule has 2 aromatic carbocycles. The summed E-state index contributed by atoms with van der Waals surface area (Å²) in [6.07, 6.45) is 0. The molecule has 2 rings (SSSR count). The lowest BCUT2D eigenvalue weighted by Gasteiger charge is -2.19. The van der Waals surface area contributed by atoms with Gasteiger partial charge in [-0.3, -0.25) is 4.31 Å². The zero-order chi connectivity index (χ0) is 15.7. The lowest BCUT2D eigenvalue weighted by Crippen LogP contribution is -2.26. The fraction of sp³-hybridized carbons (Fsp3) is 0.0769. The number of sulfonamides is 2. The molecule has 2 N–H and O–H groups in total. The molecule has 0 fully saturated rings. The third kappa shape index (κ3) is 3.23. The van der Waals surface area contributed by atoms with Crippen molar-refractivity contribution in [1.82, 2.24) is 0 Å². The Bertz CT molecular complexity index is 829. The molecule has 0 atom stereocenters. The van der Waals surface area contributed by atoms with Gasteiger partial charge in [-0.1, -0.05) is 18.2 Å². The maximum absolute atomic E-state index is 12.4. The fourth-order valence-electron chi connectivity index (χ4n) is 1.74. The molecule has 0 radical (unpaired) electrons. The molecular formula is C13H14N2O4S2. The van der Waals surface area contributed by atoms with E-state index in [1.165, 1.54) is 31.3 Å². The van der Waals surface area contributed by atoms with Gasteiger partial charge in [0, 0.05) is 7.05 Å². The van der Waals surface area contributed by atoms with E-state index in [1.807, 2.05) is 0 Å². The van der Waals surface area contributed by atoms with E-state index in [1.54, 1.807) is 30.3 Å². The normalized spacial score (nSPS) is 12.1. The first kappa shape index (κ1) is 15.5. The summed E-state index contributed by atoms with van der Waals surface area (Å²) < 4.78 is 48.3. The first-order valence-electron chi connectivity index (χ1n) is 5.90. The Kier molecular flexibility index (Phi) is 4.04. The van der Waals surface area contributed by atoms with Crippen LogP contribution in [0, 0.1) is 0 Å². The largest absolute Gasteiger partial charge is 0.269 e. The van der Waals surface area contributed by atoms with Crippen molar-refractivity contribution in [3.05, 3.63) is 54.6 Å². The summed E-state index contributed by atoms with van der Waals surface area (Å²) >= 11 is 0. The van der Waals surface area contributed by atoms with E-state index in [2.05, 4.69) is 0 Å². The minimum atomic E-state index is -3.85. The highest BCUT2D eigenvalue weighted by molar-refractivity contribution is 7.92. The second-order valence-corrected chi connectivity index (χ2v) is 7.86. The van der Waals surface area contributed by atoms with Crippen molar-refractivity contribution in [2.24, 2.45) is 5.14 Å². The van der Waals surface area contributed by atoms with Gasteiger partial charge in [0.25, 0.3) is 10.0 Å². The van der Waals surface area contributed by atoms with E-state index >= 15 is 0 Å².